The summed E-state index contributed by atoms with van der Waals surface area (Å²) in [5.74, 6) is -1.75. The predicted octanol–water partition coefficient (Wildman–Crippen LogP) is 4.58. The highest BCUT2D eigenvalue weighted by molar-refractivity contribution is 6.08. The molecular weight excluding hydrogens is 416 g/mol. The maximum absolute atomic E-state index is 12.8. The molecule has 33 heavy (non-hydrogen) atoms. The van der Waals surface area contributed by atoms with E-state index >= 15 is 0 Å². The number of aryl methyl sites for hydroxylation is 1. The van der Waals surface area contributed by atoms with Gasteiger partial charge >= 0.3 is 5.97 Å². The molecule has 2 N–H and O–H groups in total. The van der Waals surface area contributed by atoms with E-state index in [2.05, 4.69) is 5.32 Å². The summed E-state index contributed by atoms with van der Waals surface area (Å²) in [6, 6.07) is 17.2. The van der Waals surface area contributed by atoms with Crippen LogP contribution in [0.4, 0.5) is 0 Å². The van der Waals surface area contributed by atoms with Crippen LogP contribution in [0.15, 0.2) is 72.9 Å². The van der Waals surface area contributed by atoms with Crippen molar-refractivity contribution in [2.24, 2.45) is 5.92 Å². The highest BCUT2D eigenvalue weighted by Crippen LogP contribution is 2.14. The maximum Gasteiger partial charge on any atom is 0.326 e. The van der Waals surface area contributed by atoms with E-state index in [1.54, 1.807) is 38.1 Å². The van der Waals surface area contributed by atoms with Crippen molar-refractivity contribution in [1.82, 2.24) is 9.88 Å². The van der Waals surface area contributed by atoms with Crippen molar-refractivity contribution in [2.75, 3.05) is 0 Å². The van der Waals surface area contributed by atoms with Gasteiger partial charge in [0.1, 0.15) is 6.04 Å². The summed E-state index contributed by atoms with van der Waals surface area (Å²) in [6.45, 7) is 5.97. The van der Waals surface area contributed by atoms with Crippen molar-refractivity contribution in [2.45, 2.75) is 33.4 Å². The number of ketones is 1. The second-order valence-electron chi connectivity index (χ2n) is 8.30. The summed E-state index contributed by atoms with van der Waals surface area (Å²) in [5.41, 5.74) is 3.54. The maximum atomic E-state index is 12.8. The second-order valence-corrected chi connectivity index (χ2v) is 8.30. The highest BCUT2D eigenvalue weighted by atomic mass is 16.4. The Kier molecular flexibility index (Phi) is 7.61. The van der Waals surface area contributed by atoms with E-state index in [0.717, 1.165) is 11.1 Å². The molecular formula is C27H28N2O4. The molecule has 6 nitrogen and oxygen atoms in total. The van der Waals surface area contributed by atoms with Gasteiger partial charge in [0.25, 0.3) is 5.91 Å². The fraction of sp³-hybridized carbons (Fsp3) is 0.222. The van der Waals surface area contributed by atoms with Gasteiger partial charge in [-0.2, -0.15) is 0 Å². The number of hydrogen-bond acceptors (Lipinski definition) is 3. The Hall–Kier alpha value is -3.93. The summed E-state index contributed by atoms with van der Waals surface area (Å²) in [6.07, 6.45) is 5.64. The summed E-state index contributed by atoms with van der Waals surface area (Å²) < 4.78 is 1.87. The molecule has 0 saturated heterocycles. The monoisotopic (exact) mass is 444 g/mol. The lowest BCUT2D eigenvalue weighted by atomic mass is 10.0. The number of nitrogens with one attached hydrogen (secondary N) is 1. The molecule has 6 heteroatoms. The third kappa shape index (κ3) is 6.07. The van der Waals surface area contributed by atoms with Crippen LogP contribution in [0.5, 0.6) is 0 Å². The zero-order chi connectivity index (χ0) is 24.0. The molecule has 0 aliphatic heterocycles. The van der Waals surface area contributed by atoms with E-state index in [4.69, 9.17) is 0 Å². The molecule has 0 aliphatic carbocycles. The van der Waals surface area contributed by atoms with Crippen molar-refractivity contribution < 1.29 is 19.5 Å². The van der Waals surface area contributed by atoms with Gasteiger partial charge < -0.3 is 15.0 Å². The number of amides is 1. The highest BCUT2D eigenvalue weighted by Gasteiger charge is 2.23. The van der Waals surface area contributed by atoms with E-state index in [9.17, 15) is 19.5 Å². The van der Waals surface area contributed by atoms with Gasteiger partial charge in [-0.15, -0.1) is 0 Å². The normalized spacial score (nSPS) is 12.1. The number of aromatic nitrogens is 1. The number of hydrogen-bond donors (Lipinski definition) is 2. The zero-order valence-corrected chi connectivity index (χ0v) is 19.0. The van der Waals surface area contributed by atoms with Crippen LogP contribution >= 0.6 is 0 Å². The number of carbonyl (C=O) groups excluding carboxylic acids is 2. The van der Waals surface area contributed by atoms with Gasteiger partial charge in [-0.1, -0.05) is 68.0 Å². The van der Waals surface area contributed by atoms with E-state index in [0.29, 0.717) is 23.4 Å². The number of carboxylic acids is 1. The molecule has 170 valence electrons. The Labute approximate surface area is 193 Å². The molecule has 2 aromatic carbocycles. The molecule has 0 unspecified atom stereocenters. The molecule has 0 aliphatic rings. The molecule has 1 atom stereocenters. The average molecular weight is 445 g/mol. The van der Waals surface area contributed by atoms with Crippen LogP contribution < -0.4 is 5.32 Å². The summed E-state index contributed by atoms with van der Waals surface area (Å²) >= 11 is 0. The number of allylic oxidation sites excluding steroid dienone is 1. The van der Waals surface area contributed by atoms with Crippen molar-refractivity contribution in [3.63, 3.8) is 0 Å². The third-order valence-corrected chi connectivity index (χ3v) is 5.36. The van der Waals surface area contributed by atoms with Gasteiger partial charge in [-0.25, -0.2) is 4.79 Å². The fourth-order valence-electron chi connectivity index (χ4n) is 3.46. The Morgan fingerprint density at radius 2 is 1.73 bits per heavy atom. The molecule has 0 radical (unpaired) electrons. The SMILES string of the molecule is Cc1ccc(C(=O)c2cccn2C/C=C/c2cccc(C(=O)N[C@H](C(=O)O)C(C)C)c2)cc1. The van der Waals surface area contributed by atoms with Crippen LogP contribution in [-0.4, -0.2) is 33.4 Å². The molecule has 3 aromatic rings. The Bertz CT molecular complexity index is 1170. The number of carbonyl (C=O) groups is 3. The van der Waals surface area contributed by atoms with Crippen molar-refractivity contribution in [3.8, 4) is 0 Å². The van der Waals surface area contributed by atoms with Crippen LogP contribution in [0.3, 0.4) is 0 Å². The summed E-state index contributed by atoms with van der Waals surface area (Å²) in [5, 5.41) is 11.9. The second kappa shape index (κ2) is 10.6. The molecule has 1 amide bonds. The first kappa shape index (κ1) is 23.7. The number of benzene rings is 2. The van der Waals surface area contributed by atoms with Crippen LogP contribution in [-0.2, 0) is 11.3 Å². The first-order valence-electron chi connectivity index (χ1n) is 10.8. The van der Waals surface area contributed by atoms with Gasteiger partial charge in [0.2, 0.25) is 5.78 Å². The van der Waals surface area contributed by atoms with E-state index in [-0.39, 0.29) is 11.7 Å². The minimum absolute atomic E-state index is 0.0368. The zero-order valence-electron chi connectivity index (χ0n) is 19.0. The van der Waals surface area contributed by atoms with Crippen LogP contribution in [0.1, 0.15) is 51.4 Å². The van der Waals surface area contributed by atoms with Gasteiger partial charge in [0.15, 0.2) is 0 Å². The molecule has 3 rings (SSSR count). The lowest BCUT2D eigenvalue weighted by molar-refractivity contribution is -0.140. The van der Waals surface area contributed by atoms with Crippen molar-refractivity contribution >= 4 is 23.7 Å². The average Bonchev–Trinajstić information content (AvgIpc) is 3.25. The minimum Gasteiger partial charge on any atom is -0.480 e. The largest absolute Gasteiger partial charge is 0.480 e. The lowest BCUT2D eigenvalue weighted by Crippen LogP contribution is -2.44. The van der Waals surface area contributed by atoms with E-state index < -0.39 is 17.9 Å². The van der Waals surface area contributed by atoms with Crippen LogP contribution in [0, 0.1) is 12.8 Å². The smallest absolute Gasteiger partial charge is 0.326 e. The Morgan fingerprint density at radius 1 is 1.00 bits per heavy atom. The summed E-state index contributed by atoms with van der Waals surface area (Å²) in [4.78, 5) is 36.7. The molecule has 1 heterocycles. The topological polar surface area (TPSA) is 88.4 Å². The van der Waals surface area contributed by atoms with Crippen LogP contribution in [0.25, 0.3) is 6.08 Å². The first-order valence-corrected chi connectivity index (χ1v) is 10.8. The van der Waals surface area contributed by atoms with E-state index in [1.165, 1.54) is 0 Å². The van der Waals surface area contributed by atoms with Gasteiger partial charge in [0.05, 0.1) is 5.69 Å². The molecule has 0 saturated carbocycles. The standard InChI is InChI=1S/C27H28N2O4/c1-18(2)24(27(32)33)28-26(31)22-9-4-7-20(17-22)8-5-15-29-16-6-10-23(29)25(30)21-13-11-19(3)12-14-21/h4-14,16-18,24H,15H2,1-3H3,(H,28,31)(H,32,33)/b8-5+/t24-/m0/s1. The van der Waals surface area contributed by atoms with Gasteiger partial charge in [0, 0.05) is 23.9 Å². The number of carboxylic acid groups (broad SMARTS) is 1. The summed E-state index contributed by atoms with van der Waals surface area (Å²) in [7, 11) is 0. The third-order valence-electron chi connectivity index (χ3n) is 5.36. The quantitative estimate of drug-likeness (QED) is 0.473. The van der Waals surface area contributed by atoms with Gasteiger partial charge in [-0.3, -0.25) is 9.59 Å². The van der Waals surface area contributed by atoms with Crippen LogP contribution in [0.2, 0.25) is 0 Å². The minimum atomic E-state index is -1.06. The predicted molar refractivity (Wildman–Crippen MR) is 128 cm³/mol. The molecule has 1 aromatic heterocycles. The van der Waals surface area contributed by atoms with Crippen molar-refractivity contribution in [1.29, 1.82) is 0 Å². The van der Waals surface area contributed by atoms with Gasteiger partial charge in [-0.05, 0) is 42.7 Å². The van der Waals surface area contributed by atoms with Crippen molar-refractivity contribution in [3.05, 3.63) is 101 Å². The number of rotatable bonds is 9. The molecule has 0 fully saturated rings. The Balaban J connectivity index is 1.69. The number of nitrogens with zero attached hydrogens (tertiary/aromatic N) is 1. The lowest BCUT2D eigenvalue weighted by Gasteiger charge is -2.18. The fourth-order valence-corrected chi connectivity index (χ4v) is 3.46. The molecule has 0 bridgehead atoms. The Morgan fingerprint density at radius 3 is 2.39 bits per heavy atom. The number of aliphatic carboxylic acids is 1. The molecule has 0 spiro atoms. The first-order chi connectivity index (χ1) is 15.8. The van der Waals surface area contributed by atoms with E-state index in [1.807, 2.05) is 66.2 Å².